The zero-order chi connectivity index (χ0) is 16.4. The van der Waals surface area contributed by atoms with Gasteiger partial charge < -0.3 is 10.0 Å². The van der Waals surface area contributed by atoms with E-state index in [0.29, 0.717) is 18.5 Å². The SMILES string of the molecule is Cc1cc(-n2cncn2)ccc1C(=O)N1CCCC[C@@H]1C(=O)O. The molecule has 23 heavy (non-hydrogen) atoms. The highest BCUT2D eigenvalue weighted by atomic mass is 16.4. The van der Waals surface area contributed by atoms with Crippen LogP contribution in [0, 0.1) is 6.92 Å². The molecule has 120 valence electrons. The van der Waals surface area contributed by atoms with E-state index in [1.165, 1.54) is 11.2 Å². The van der Waals surface area contributed by atoms with E-state index in [9.17, 15) is 14.7 Å². The smallest absolute Gasteiger partial charge is 0.326 e. The number of benzene rings is 1. The molecular formula is C16H18N4O3. The third kappa shape index (κ3) is 2.94. The molecule has 1 aliphatic heterocycles. The summed E-state index contributed by atoms with van der Waals surface area (Å²) < 4.78 is 1.61. The van der Waals surface area contributed by atoms with Gasteiger partial charge >= 0.3 is 5.97 Å². The minimum absolute atomic E-state index is 0.222. The van der Waals surface area contributed by atoms with Crippen molar-refractivity contribution in [3.8, 4) is 5.69 Å². The fourth-order valence-corrected chi connectivity index (χ4v) is 2.96. The molecule has 0 unspecified atom stereocenters. The predicted octanol–water partition coefficient (Wildman–Crippen LogP) is 1.66. The normalized spacial score (nSPS) is 18.0. The molecule has 7 heteroatoms. The Morgan fingerprint density at radius 2 is 2.13 bits per heavy atom. The molecule has 7 nitrogen and oxygen atoms in total. The average Bonchev–Trinajstić information content (AvgIpc) is 3.08. The van der Waals surface area contributed by atoms with Crippen molar-refractivity contribution in [2.45, 2.75) is 32.2 Å². The molecule has 1 fully saturated rings. The molecule has 1 atom stereocenters. The highest BCUT2D eigenvalue weighted by Crippen LogP contribution is 2.22. The van der Waals surface area contributed by atoms with Gasteiger partial charge in [0.25, 0.3) is 5.91 Å². The number of rotatable bonds is 3. The number of carbonyl (C=O) groups excluding carboxylic acids is 1. The molecule has 2 heterocycles. The summed E-state index contributed by atoms with van der Waals surface area (Å²) in [4.78, 5) is 29.5. The monoisotopic (exact) mass is 314 g/mol. The summed E-state index contributed by atoms with van der Waals surface area (Å²) in [7, 11) is 0. The maximum atomic E-state index is 12.8. The quantitative estimate of drug-likeness (QED) is 0.930. The summed E-state index contributed by atoms with van der Waals surface area (Å²) in [6.45, 7) is 2.33. The number of aryl methyl sites for hydroxylation is 1. The first-order valence-electron chi connectivity index (χ1n) is 7.57. The molecule has 0 saturated carbocycles. The van der Waals surface area contributed by atoms with Gasteiger partial charge in [0.05, 0.1) is 5.69 Å². The van der Waals surface area contributed by atoms with Gasteiger partial charge in [-0.15, -0.1) is 0 Å². The van der Waals surface area contributed by atoms with Crippen LogP contribution in [-0.2, 0) is 4.79 Å². The summed E-state index contributed by atoms with van der Waals surface area (Å²) >= 11 is 0. The molecule has 0 spiro atoms. The Balaban J connectivity index is 1.88. The number of aliphatic carboxylic acids is 1. The molecule has 0 bridgehead atoms. The van der Waals surface area contributed by atoms with Crippen LogP contribution < -0.4 is 0 Å². The lowest BCUT2D eigenvalue weighted by atomic mass is 9.99. The molecular weight excluding hydrogens is 296 g/mol. The number of carbonyl (C=O) groups is 2. The average molecular weight is 314 g/mol. The van der Waals surface area contributed by atoms with Crippen LogP contribution in [-0.4, -0.2) is 49.2 Å². The van der Waals surface area contributed by atoms with Crippen LogP contribution >= 0.6 is 0 Å². The second kappa shape index (κ2) is 6.20. The fraction of sp³-hybridized carbons (Fsp3) is 0.375. The lowest BCUT2D eigenvalue weighted by molar-refractivity contribution is -0.143. The number of carboxylic acid groups (broad SMARTS) is 1. The van der Waals surface area contributed by atoms with E-state index in [2.05, 4.69) is 10.1 Å². The van der Waals surface area contributed by atoms with Gasteiger partial charge in [0, 0.05) is 12.1 Å². The zero-order valence-corrected chi connectivity index (χ0v) is 12.8. The van der Waals surface area contributed by atoms with Crippen LogP contribution in [0.25, 0.3) is 5.69 Å². The van der Waals surface area contributed by atoms with Crippen molar-refractivity contribution >= 4 is 11.9 Å². The van der Waals surface area contributed by atoms with Crippen molar-refractivity contribution in [2.75, 3.05) is 6.54 Å². The number of piperidine rings is 1. The minimum Gasteiger partial charge on any atom is -0.480 e. The predicted molar refractivity (Wildman–Crippen MR) is 82.4 cm³/mol. The number of carboxylic acids is 1. The molecule has 1 N–H and O–H groups in total. The molecule has 0 aliphatic carbocycles. The third-order valence-corrected chi connectivity index (χ3v) is 4.17. The molecule has 1 amide bonds. The van der Waals surface area contributed by atoms with Crippen LogP contribution in [0.1, 0.15) is 35.2 Å². The Morgan fingerprint density at radius 1 is 1.30 bits per heavy atom. The lowest BCUT2D eigenvalue weighted by Gasteiger charge is -2.33. The molecule has 0 radical (unpaired) electrons. The number of hydrogen-bond donors (Lipinski definition) is 1. The van der Waals surface area contributed by atoms with E-state index in [4.69, 9.17) is 0 Å². The Bertz CT molecular complexity index is 727. The van der Waals surface area contributed by atoms with Gasteiger partial charge in [-0.05, 0) is 49.9 Å². The Kier molecular flexibility index (Phi) is 4.10. The zero-order valence-electron chi connectivity index (χ0n) is 12.8. The van der Waals surface area contributed by atoms with Crippen LogP contribution in [0.5, 0.6) is 0 Å². The number of nitrogens with zero attached hydrogens (tertiary/aromatic N) is 4. The van der Waals surface area contributed by atoms with Crippen molar-refractivity contribution in [1.82, 2.24) is 19.7 Å². The van der Waals surface area contributed by atoms with Gasteiger partial charge in [0.15, 0.2) is 0 Å². The minimum atomic E-state index is -0.935. The highest BCUT2D eigenvalue weighted by Gasteiger charge is 2.32. The standard InChI is InChI=1S/C16H18N4O3/c1-11-8-12(20-10-17-9-18-20)5-6-13(11)15(21)19-7-3-2-4-14(19)16(22)23/h5-6,8-10,14H,2-4,7H2,1H3,(H,22,23)/t14-/m1/s1. The molecule has 3 rings (SSSR count). The first-order chi connectivity index (χ1) is 11.1. The van der Waals surface area contributed by atoms with Gasteiger partial charge in [-0.1, -0.05) is 0 Å². The second-order valence-electron chi connectivity index (χ2n) is 5.69. The molecule has 1 aromatic carbocycles. The van der Waals surface area contributed by atoms with E-state index in [0.717, 1.165) is 24.1 Å². The van der Waals surface area contributed by atoms with Gasteiger partial charge in [0.2, 0.25) is 0 Å². The summed E-state index contributed by atoms with van der Waals surface area (Å²) in [6, 6.07) is 4.63. The van der Waals surface area contributed by atoms with Gasteiger partial charge in [-0.2, -0.15) is 5.10 Å². The summed E-state index contributed by atoms with van der Waals surface area (Å²) in [5, 5.41) is 13.4. The van der Waals surface area contributed by atoms with Gasteiger partial charge in [0.1, 0.15) is 18.7 Å². The van der Waals surface area contributed by atoms with Crippen LogP contribution in [0.15, 0.2) is 30.9 Å². The van der Waals surface area contributed by atoms with Crippen LogP contribution in [0.4, 0.5) is 0 Å². The second-order valence-corrected chi connectivity index (χ2v) is 5.69. The Morgan fingerprint density at radius 3 is 2.78 bits per heavy atom. The summed E-state index contributed by atoms with van der Waals surface area (Å²) in [6.07, 6.45) is 5.22. The Labute approximate surface area is 133 Å². The van der Waals surface area contributed by atoms with E-state index >= 15 is 0 Å². The molecule has 1 aliphatic rings. The topological polar surface area (TPSA) is 88.3 Å². The summed E-state index contributed by atoms with van der Waals surface area (Å²) in [5.74, 6) is -1.16. The summed E-state index contributed by atoms with van der Waals surface area (Å²) in [5.41, 5.74) is 2.13. The fourth-order valence-electron chi connectivity index (χ4n) is 2.96. The highest BCUT2D eigenvalue weighted by molar-refractivity contribution is 5.98. The molecule has 1 saturated heterocycles. The van der Waals surface area contributed by atoms with Crippen molar-refractivity contribution in [3.05, 3.63) is 42.0 Å². The van der Waals surface area contributed by atoms with Gasteiger partial charge in [-0.25, -0.2) is 14.5 Å². The van der Waals surface area contributed by atoms with Crippen molar-refractivity contribution < 1.29 is 14.7 Å². The Hall–Kier alpha value is -2.70. The van der Waals surface area contributed by atoms with Crippen molar-refractivity contribution in [3.63, 3.8) is 0 Å². The number of hydrogen-bond acceptors (Lipinski definition) is 4. The van der Waals surface area contributed by atoms with Gasteiger partial charge in [-0.3, -0.25) is 4.79 Å². The number of aromatic nitrogens is 3. The first kappa shape index (κ1) is 15.2. The number of amides is 1. The third-order valence-electron chi connectivity index (χ3n) is 4.17. The maximum absolute atomic E-state index is 12.8. The largest absolute Gasteiger partial charge is 0.480 e. The number of likely N-dealkylation sites (tertiary alicyclic amines) is 1. The van der Waals surface area contributed by atoms with E-state index in [1.807, 2.05) is 13.0 Å². The van der Waals surface area contributed by atoms with Crippen molar-refractivity contribution in [1.29, 1.82) is 0 Å². The first-order valence-corrected chi connectivity index (χ1v) is 7.57. The van der Waals surface area contributed by atoms with Crippen LogP contribution in [0.2, 0.25) is 0 Å². The maximum Gasteiger partial charge on any atom is 0.326 e. The van der Waals surface area contributed by atoms with E-state index < -0.39 is 12.0 Å². The van der Waals surface area contributed by atoms with Crippen LogP contribution in [0.3, 0.4) is 0 Å². The molecule has 1 aromatic heterocycles. The van der Waals surface area contributed by atoms with E-state index in [-0.39, 0.29) is 5.91 Å². The molecule has 2 aromatic rings. The van der Waals surface area contributed by atoms with E-state index in [1.54, 1.807) is 23.1 Å². The lowest BCUT2D eigenvalue weighted by Crippen LogP contribution is -2.48. The van der Waals surface area contributed by atoms with Crippen molar-refractivity contribution in [2.24, 2.45) is 0 Å².